The molecule has 0 aliphatic heterocycles. The maximum atomic E-state index is 13.5. The molecule has 0 aliphatic carbocycles. The van der Waals surface area contributed by atoms with E-state index in [1.807, 2.05) is 0 Å². The van der Waals surface area contributed by atoms with E-state index in [1.54, 1.807) is 44.2 Å². The second-order valence-corrected chi connectivity index (χ2v) is 7.96. The zero-order valence-corrected chi connectivity index (χ0v) is 16.1. The van der Waals surface area contributed by atoms with E-state index in [9.17, 15) is 17.6 Å². The fourth-order valence-electron chi connectivity index (χ4n) is 2.35. The Kier molecular flexibility index (Phi) is 7.18. The van der Waals surface area contributed by atoms with Gasteiger partial charge >= 0.3 is 0 Å². The van der Waals surface area contributed by atoms with Gasteiger partial charge in [0.05, 0.1) is 11.8 Å². The lowest BCUT2D eigenvalue weighted by molar-refractivity contribution is 0.0926. The quantitative estimate of drug-likeness (QED) is 0.684. The van der Waals surface area contributed by atoms with Gasteiger partial charge in [-0.1, -0.05) is 25.1 Å². The van der Waals surface area contributed by atoms with Gasteiger partial charge in [0.15, 0.2) is 11.6 Å². The number of amides is 1. The van der Waals surface area contributed by atoms with Gasteiger partial charge in [0.2, 0.25) is 10.0 Å². The summed E-state index contributed by atoms with van der Waals surface area (Å²) in [5, 5.41) is 2.74. The monoisotopic (exact) mass is 394 g/mol. The molecule has 0 saturated carbocycles. The molecule has 0 aromatic heterocycles. The Labute approximate surface area is 158 Å². The SMILES string of the molecule is CCCS(=O)(=O)Nc1cccc(C(=O)NC(C)COc2ccccc2F)c1. The molecule has 8 heteroatoms. The van der Waals surface area contributed by atoms with Crippen LogP contribution in [-0.2, 0) is 10.0 Å². The van der Waals surface area contributed by atoms with Crippen molar-refractivity contribution in [3.8, 4) is 5.75 Å². The molecule has 2 rings (SSSR count). The molecule has 1 unspecified atom stereocenters. The Hall–Kier alpha value is -2.61. The number of halogens is 1. The Morgan fingerprint density at radius 1 is 1.19 bits per heavy atom. The predicted octanol–water partition coefficient (Wildman–Crippen LogP) is 3.17. The minimum Gasteiger partial charge on any atom is -0.488 e. The van der Waals surface area contributed by atoms with Gasteiger partial charge in [0, 0.05) is 11.3 Å². The van der Waals surface area contributed by atoms with Gasteiger partial charge in [-0.05, 0) is 43.7 Å². The highest BCUT2D eigenvalue weighted by Gasteiger charge is 2.14. The molecule has 6 nitrogen and oxygen atoms in total. The van der Waals surface area contributed by atoms with Crippen molar-refractivity contribution in [2.45, 2.75) is 26.3 Å². The maximum Gasteiger partial charge on any atom is 0.251 e. The zero-order valence-electron chi connectivity index (χ0n) is 15.2. The van der Waals surface area contributed by atoms with Crippen molar-refractivity contribution in [1.82, 2.24) is 5.32 Å². The predicted molar refractivity (Wildman–Crippen MR) is 103 cm³/mol. The third-order valence-electron chi connectivity index (χ3n) is 3.57. The molecular formula is C19H23FN2O4S. The highest BCUT2D eigenvalue weighted by molar-refractivity contribution is 7.92. The lowest BCUT2D eigenvalue weighted by Crippen LogP contribution is -2.36. The van der Waals surface area contributed by atoms with E-state index in [2.05, 4.69) is 10.0 Å². The average Bonchev–Trinajstić information content (AvgIpc) is 2.60. The van der Waals surface area contributed by atoms with E-state index < -0.39 is 15.8 Å². The van der Waals surface area contributed by atoms with Crippen LogP contribution in [0.4, 0.5) is 10.1 Å². The van der Waals surface area contributed by atoms with Crippen molar-refractivity contribution in [3.63, 3.8) is 0 Å². The molecule has 0 bridgehead atoms. The van der Waals surface area contributed by atoms with Crippen molar-refractivity contribution >= 4 is 21.6 Å². The highest BCUT2D eigenvalue weighted by Crippen LogP contribution is 2.16. The summed E-state index contributed by atoms with van der Waals surface area (Å²) in [7, 11) is -3.43. The fourth-order valence-corrected chi connectivity index (χ4v) is 3.47. The molecule has 2 aromatic carbocycles. The molecule has 0 radical (unpaired) electrons. The Bertz CT molecular complexity index is 887. The van der Waals surface area contributed by atoms with Crippen LogP contribution in [0.3, 0.4) is 0 Å². The molecule has 0 heterocycles. The van der Waals surface area contributed by atoms with E-state index in [-0.39, 0.29) is 30.1 Å². The van der Waals surface area contributed by atoms with Crippen LogP contribution in [0.5, 0.6) is 5.75 Å². The highest BCUT2D eigenvalue weighted by atomic mass is 32.2. The number of carbonyl (C=O) groups excluding carboxylic acids is 1. The van der Waals surface area contributed by atoms with E-state index in [0.29, 0.717) is 17.7 Å². The summed E-state index contributed by atoms with van der Waals surface area (Å²) in [4.78, 5) is 12.4. The van der Waals surface area contributed by atoms with Gasteiger partial charge in [-0.25, -0.2) is 12.8 Å². The lowest BCUT2D eigenvalue weighted by atomic mass is 10.2. The smallest absolute Gasteiger partial charge is 0.251 e. The van der Waals surface area contributed by atoms with Crippen molar-refractivity contribution < 1.29 is 22.3 Å². The van der Waals surface area contributed by atoms with Crippen LogP contribution in [0, 0.1) is 5.82 Å². The molecule has 0 aliphatic rings. The second kappa shape index (κ2) is 9.36. The van der Waals surface area contributed by atoms with Crippen molar-refractivity contribution in [2.24, 2.45) is 0 Å². The molecule has 2 N–H and O–H groups in total. The number of carbonyl (C=O) groups is 1. The van der Waals surface area contributed by atoms with Gasteiger partial charge in [-0.3, -0.25) is 9.52 Å². The topological polar surface area (TPSA) is 84.5 Å². The third-order valence-corrected chi connectivity index (χ3v) is 5.07. The largest absolute Gasteiger partial charge is 0.488 e. The van der Waals surface area contributed by atoms with Crippen LogP contribution >= 0.6 is 0 Å². The molecule has 1 amide bonds. The molecule has 2 aromatic rings. The Balaban J connectivity index is 1.95. The van der Waals surface area contributed by atoms with Crippen LogP contribution in [0.2, 0.25) is 0 Å². The minimum absolute atomic E-state index is 0.00778. The number of sulfonamides is 1. The summed E-state index contributed by atoms with van der Waals surface area (Å²) in [6.45, 7) is 3.59. The minimum atomic E-state index is -3.43. The normalized spacial score (nSPS) is 12.3. The number of benzene rings is 2. The molecule has 0 fully saturated rings. The lowest BCUT2D eigenvalue weighted by Gasteiger charge is -2.16. The number of rotatable bonds is 9. The van der Waals surface area contributed by atoms with Crippen LogP contribution in [0.25, 0.3) is 0 Å². The molecule has 146 valence electrons. The first-order chi connectivity index (χ1) is 12.8. The van der Waals surface area contributed by atoms with Gasteiger partial charge in [-0.15, -0.1) is 0 Å². The number of para-hydroxylation sites is 1. The Morgan fingerprint density at radius 3 is 2.63 bits per heavy atom. The van der Waals surface area contributed by atoms with Crippen LogP contribution in [-0.4, -0.2) is 32.7 Å². The summed E-state index contributed by atoms with van der Waals surface area (Å²) in [6.07, 6.45) is 0.495. The zero-order chi connectivity index (χ0) is 19.9. The van der Waals surface area contributed by atoms with Gasteiger partial charge in [0.25, 0.3) is 5.91 Å². The molecule has 1 atom stereocenters. The summed E-state index contributed by atoms with van der Waals surface area (Å²) in [5.41, 5.74) is 0.635. The average molecular weight is 394 g/mol. The maximum absolute atomic E-state index is 13.5. The number of nitrogens with one attached hydrogen (secondary N) is 2. The Morgan fingerprint density at radius 2 is 1.93 bits per heavy atom. The fraction of sp³-hybridized carbons (Fsp3) is 0.316. The number of hydrogen-bond donors (Lipinski definition) is 2. The third kappa shape index (κ3) is 6.56. The molecule has 0 saturated heterocycles. The standard InChI is InChI=1S/C19H23FN2O4S/c1-3-11-27(24,25)22-16-8-6-7-15(12-16)19(23)21-14(2)13-26-18-10-5-4-9-17(18)20/h4-10,12,14,22H,3,11,13H2,1-2H3,(H,21,23). The van der Waals surface area contributed by atoms with E-state index >= 15 is 0 Å². The van der Waals surface area contributed by atoms with Gasteiger partial charge in [0.1, 0.15) is 6.61 Å². The summed E-state index contributed by atoms with van der Waals surface area (Å²) < 4.78 is 45.0. The van der Waals surface area contributed by atoms with E-state index in [1.165, 1.54) is 18.2 Å². The molecule has 27 heavy (non-hydrogen) atoms. The molecular weight excluding hydrogens is 371 g/mol. The summed E-state index contributed by atoms with van der Waals surface area (Å²) in [6, 6.07) is 11.9. The number of hydrogen-bond acceptors (Lipinski definition) is 4. The van der Waals surface area contributed by atoms with Crippen LogP contribution in [0.1, 0.15) is 30.6 Å². The van der Waals surface area contributed by atoms with Crippen molar-refractivity contribution in [1.29, 1.82) is 0 Å². The van der Waals surface area contributed by atoms with Gasteiger partial charge in [-0.2, -0.15) is 0 Å². The van der Waals surface area contributed by atoms with E-state index in [4.69, 9.17) is 4.74 Å². The number of anilines is 1. The summed E-state index contributed by atoms with van der Waals surface area (Å²) >= 11 is 0. The first-order valence-electron chi connectivity index (χ1n) is 8.59. The second-order valence-electron chi connectivity index (χ2n) is 6.12. The van der Waals surface area contributed by atoms with E-state index in [0.717, 1.165) is 0 Å². The molecule has 0 spiro atoms. The first-order valence-corrected chi connectivity index (χ1v) is 10.2. The van der Waals surface area contributed by atoms with Crippen LogP contribution < -0.4 is 14.8 Å². The van der Waals surface area contributed by atoms with Gasteiger partial charge < -0.3 is 10.1 Å². The summed E-state index contributed by atoms with van der Waals surface area (Å²) in [5.74, 6) is -0.724. The number of ether oxygens (including phenoxy) is 1. The van der Waals surface area contributed by atoms with Crippen molar-refractivity contribution in [3.05, 3.63) is 59.9 Å². The van der Waals surface area contributed by atoms with Crippen LogP contribution in [0.15, 0.2) is 48.5 Å². The van der Waals surface area contributed by atoms with Crippen molar-refractivity contribution in [2.75, 3.05) is 17.1 Å². The first kappa shape index (κ1) is 20.7.